The van der Waals surface area contributed by atoms with Crippen LogP contribution in [-0.2, 0) is 0 Å². The van der Waals surface area contributed by atoms with E-state index in [-0.39, 0.29) is 0 Å². The molecule has 2 aliphatic rings. The molecule has 1 nitrogen and oxygen atoms in total. The van der Waals surface area contributed by atoms with Gasteiger partial charge in [0.15, 0.2) is 0 Å². The molecule has 1 aromatic carbocycles. The molecule has 0 aromatic heterocycles. The van der Waals surface area contributed by atoms with Gasteiger partial charge in [-0.05, 0) is 74.0 Å². The molecule has 0 spiro atoms. The summed E-state index contributed by atoms with van der Waals surface area (Å²) in [5.41, 5.74) is 1.48. The molecule has 3 rings (SSSR count). The SMILES string of the molecule is CCC(CC)CN(CC1CCCC1)[C@@H]1CC[CH]C[C@H]1c1ccc(Cl)cc1. The van der Waals surface area contributed by atoms with Crippen molar-refractivity contribution in [2.45, 2.75) is 83.6 Å². The normalized spacial score (nSPS) is 24.7. The van der Waals surface area contributed by atoms with Crippen LogP contribution in [0.25, 0.3) is 0 Å². The first kappa shape index (κ1) is 20.2. The summed E-state index contributed by atoms with van der Waals surface area (Å²) in [6, 6.07) is 9.38. The minimum atomic E-state index is 0.636. The highest BCUT2D eigenvalue weighted by Gasteiger charge is 2.33. The first-order valence-electron chi connectivity index (χ1n) is 11.0. The van der Waals surface area contributed by atoms with Crippen molar-refractivity contribution in [3.05, 3.63) is 41.3 Å². The highest BCUT2D eigenvalue weighted by molar-refractivity contribution is 6.30. The molecule has 0 saturated heterocycles. The van der Waals surface area contributed by atoms with Crippen LogP contribution in [0.4, 0.5) is 0 Å². The lowest BCUT2D eigenvalue weighted by Gasteiger charge is -2.43. The Hall–Kier alpha value is -0.530. The molecule has 2 aliphatic carbocycles. The van der Waals surface area contributed by atoms with Crippen molar-refractivity contribution < 1.29 is 0 Å². The maximum absolute atomic E-state index is 6.15. The summed E-state index contributed by atoms with van der Waals surface area (Å²) in [6.45, 7) is 7.35. The van der Waals surface area contributed by atoms with Crippen molar-refractivity contribution in [3.8, 4) is 0 Å². The molecule has 1 radical (unpaired) electrons. The second-order valence-corrected chi connectivity index (χ2v) is 9.05. The lowest BCUT2D eigenvalue weighted by molar-refractivity contribution is 0.104. The van der Waals surface area contributed by atoms with Gasteiger partial charge in [-0.25, -0.2) is 0 Å². The first-order valence-corrected chi connectivity index (χ1v) is 11.4. The van der Waals surface area contributed by atoms with E-state index in [1.54, 1.807) is 0 Å². The topological polar surface area (TPSA) is 3.24 Å². The Kier molecular flexibility index (Phi) is 7.88. The second kappa shape index (κ2) is 10.1. The molecule has 2 saturated carbocycles. The number of benzene rings is 1. The highest BCUT2D eigenvalue weighted by atomic mass is 35.5. The number of rotatable bonds is 8. The van der Waals surface area contributed by atoms with Gasteiger partial charge in [-0.1, -0.05) is 63.3 Å². The van der Waals surface area contributed by atoms with Crippen molar-refractivity contribution in [1.29, 1.82) is 0 Å². The highest BCUT2D eigenvalue weighted by Crippen LogP contribution is 2.38. The van der Waals surface area contributed by atoms with Gasteiger partial charge in [0.25, 0.3) is 0 Å². The predicted molar refractivity (Wildman–Crippen MR) is 114 cm³/mol. The van der Waals surface area contributed by atoms with E-state index < -0.39 is 0 Å². The minimum Gasteiger partial charge on any atom is -0.299 e. The molecule has 2 heteroatoms. The molecule has 1 aromatic rings. The second-order valence-electron chi connectivity index (χ2n) is 8.61. The van der Waals surface area contributed by atoms with Gasteiger partial charge >= 0.3 is 0 Å². The molecule has 0 amide bonds. The Labute approximate surface area is 166 Å². The van der Waals surface area contributed by atoms with E-state index >= 15 is 0 Å². The Morgan fingerprint density at radius 2 is 1.73 bits per heavy atom. The van der Waals surface area contributed by atoms with Crippen LogP contribution in [0.3, 0.4) is 0 Å². The molecular formula is C24H37ClN. The summed E-state index contributed by atoms with van der Waals surface area (Å²) in [5.74, 6) is 2.41. The maximum Gasteiger partial charge on any atom is 0.0406 e. The Balaban J connectivity index is 1.79. The van der Waals surface area contributed by atoms with Gasteiger partial charge in [-0.2, -0.15) is 0 Å². The van der Waals surface area contributed by atoms with Crippen LogP contribution in [0.2, 0.25) is 5.02 Å². The molecule has 2 atom stereocenters. The number of halogens is 1. The quantitative estimate of drug-likeness (QED) is 0.468. The van der Waals surface area contributed by atoms with E-state index in [1.807, 2.05) is 0 Å². The molecule has 0 unspecified atom stereocenters. The van der Waals surface area contributed by atoms with Crippen molar-refractivity contribution in [1.82, 2.24) is 4.90 Å². The van der Waals surface area contributed by atoms with Crippen LogP contribution in [-0.4, -0.2) is 24.0 Å². The summed E-state index contributed by atoms with van der Waals surface area (Å²) in [5, 5.41) is 0.852. The third kappa shape index (κ3) is 5.26. The van der Waals surface area contributed by atoms with E-state index in [0.29, 0.717) is 12.0 Å². The molecular weight excluding hydrogens is 338 g/mol. The largest absolute Gasteiger partial charge is 0.299 e. The van der Waals surface area contributed by atoms with Crippen LogP contribution < -0.4 is 0 Å². The van der Waals surface area contributed by atoms with Gasteiger partial charge < -0.3 is 0 Å². The van der Waals surface area contributed by atoms with E-state index in [1.165, 1.54) is 76.4 Å². The summed E-state index contributed by atoms with van der Waals surface area (Å²) >= 11 is 6.15. The summed E-state index contributed by atoms with van der Waals surface area (Å²) in [7, 11) is 0. The monoisotopic (exact) mass is 374 g/mol. The van der Waals surface area contributed by atoms with E-state index in [0.717, 1.165) is 16.9 Å². The van der Waals surface area contributed by atoms with Crippen molar-refractivity contribution >= 4 is 11.6 Å². The van der Waals surface area contributed by atoms with Crippen LogP contribution in [0.1, 0.15) is 83.1 Å². The number of hydrogen-bond donors (Lipinski definition) is 0. The van der Waals surface area contributed by atoms with Gasteiger partial charge in [0.1, 0.15) is 0 Å². The molecule has 0 heterocycles. The fourth-order valence-corrected chi connectivity index (χ4v) is 5.32. The lowest BCUT2D eigenvalue weighted by Crippen LogP contribution is -2.45. The molecule has 145 valence electrons. The molecule has 26 heavy (non-hydrogen) atoms. The van der Waals surface area contributed by atoms with Crippen LogP contribution in [0.5, 0.6) is 0 Å². The Bertz CT molecular complexity index is 512. The summed E-state index contributed by atoms with van der Waals surface area (Å²) < 4.78 is 0. The van der Waals surface area contributed by atoms with E-state index in [2.05, 4.69) is 49.4 Å². The smallest absolute Gasteiger partial charge is 0.0406 e. The van der Waals surface area contributed by atoms with E-state index in [4.69, 9.17) is 11.6 Å². The van der Waals surface area contributed by atoms with Gasteiger partial charge in [-0.3, -0.25) is 4.90 Å². The van der Waals surface area contributed by atoms with E-state index in [9.17, 15) is 0 Å². The zero-order chi connectivity index (χ0) is 18.4. The standard InChI is InChI=1S/C24H37ClN/c1-3-19(4-2)17-26(18-20-9-5-6-10-20)24-12-8-7-11-23(24)21-13-15-22(25)16-14-21/h7,13-16,19-20,23-24H,3-6,8-12,17-18H2,1-2H3/t23-,24+/m0/s1. The van der Waals surface area contributed by atoms with Crippen molar-refractivity contribution in [2.75, 3.05) is 13.1 Å². The Morgan fingerprint density at radius 3 is 2.38 bits per heavy atom. The van der Waals surface area contributed by atoms with Crippen LogP contribution in [0.15, 0.2) is 24.3 Å². The molecule has 0 aliphatic heterocycles. The summed E-state index contributed by atoms with van der Waals surface area (Å²) in [4.78, 5) is 2.92. The fourth-order valence-electron chi connectivity index (χ4n) is 5.20. The molecule has 0 N–H and O–H groups in total. The predicted octanol–water partition coefficient (Wildman–Crippen LogP) is 7.11. The number of nitrogens with zero attached hydrogens (tertiary/aromatic N) is 1. The number of hydrogen-bond acceptors (Lipinski definition) is 1. The van der Waals surface area contributed by atoms with Crippen molar-refractivity contribution in [2.24, 2.45) is 11.8 Å². The average Bonchev–Trinajstić information content (AvgIpc) is 3.19. The third-order valence-corrected chi connectivity index (χ3v) is 7.19. The van der Waals surface area contributed by atoms with Gasteiger partial charge in [0.2, 0.25) is 0 Å². The average molecular weight is 375 g/mol. The molecule has 2 fully saturated rings. The van der Waals surface area contributed by atoms with Gasteiger partial charge in [0.05, 0.1) is 0 Å². The summed E-state index contributed by atoms with van der Waals surface area (Å²) in [6.07, 6.45) is 14.7. The van der Waals surface area contributed by atoms with Crippen LogP contribution >= 0.6 is 11.6 Å². The van der Waals surface area contributed by atoms with Gasteiger partial charge in [0, 0.05) is 24.2 Å². The molecule has 0 bridgehead atoms. The zero-order valence-corrected chi connectivity index (χ0v) is 17.6. The third-order valence-electron chi connectivity index (χ3n) is 6.93. The first-order chi connectivity index (χ1) is 12.7. The maximum atomic E-state index is 6.15. The van der Waals surface area contributed by atoms with Crippen LogP contribution in [0, 0.1) is 18.3 Å². The van der Waals surface area contributed by atoms with Gasteiger partial charge in [-0.15, -0.1) is 0 Å². The Morgan fingerprint density at radius 1 is 1.04 bits per heavy atom. The lowest BCUT2D eigenvalue weighted by atomic mass is 9.78. The zero-order valence-electron chi connectivity index (χ0n) is 16.8. The fraction of sp³-hybridized carbons (Fsp3) is 0.708. The minimum absolute atomic E-state index is 0.636. The van der Waals surface area contributed by atoms with Crippen molar-refractivity contribution in [3.63, 3.8) is 0 Å².